The summed E-state index contributed by atoms with van der Waals surface area (Å²) in [6.45, 7) is 4.26. The molecule has 0 aliphatic rings. The van der Waals surface area contributed by atoms with E-state index in [2.05, 4.69) is 73.6 Å². The molecule has 0 bridgehead atoms. The standard InChI is InChI=1S/C17H17S/c1-15(2)13-14-18(16-9-5-3-6-10-16)17-11-7-4-8-12-17/h3-12,15H,1-2H3/q+1. The Kier molecular flexibility index (Phi) is 4.50. The van der Waals surface area contributed by atoms with Crippen molar-refractivity contribution in [2.45, 2.75) is 23.6 Å². The van der Waals surface area contributed by atoms with Crippen LogP contribution in [0.25, 0.3) is 0 Å². The molecular formula is C17H17S+. The van der Waals surface area contributed by atoms with Crippen LogP contribution in [0.5, 0.6) is 0 Å². The Balaban J connectivity index is 2.40. The highest BCUT2D eigenvalue weighted by atomic mass is 32.2. The van der Waals surface area contributed by atoms with Gasteiger partial charge in [0, 0.05) is 5.92 Å². The zero-order valence-electron chi connectivity index (χ0n) is 10.8. The number of benzene rings is 2. The van der Waals surface area contributed by atoms with Gasteiger partial charge < -0.3 is 0 Å². The molecule has 0 radical (unpaired) electrons. The highest BCUT2D eigenvalue weighted by Crippen LogP contribution is 2.22. The van der Waals surface area contributed by atoms with Crippen LogP contribution in [-0.4, -0.2) is 0 Å². The number of hydrogen-bond acceptors (Lipinski definition) is 0. The summed E-state index contributed by atoms with van der Waals surface area (Å²) in [6.07, 6.45) is 0. The van der Waals surface area contributed by atoms with E-state index in [0.29, 0.717) is 5.92 Å². The second-order valence-electron chi connectivity index (χ2n) is 4.33. The third kappa shape index (κ3) is 3.42. The van der Waals surface area contributed by atoms with Crippen LogP contribution in [0.1, 0.15) is 13.8 Å². The molecule has 0 heterocycles. The van der Waals surface area contributed by atoms with Crippen LogP contribution < -0.4 is 0 Å². The van der Waals surface area contributed by atoms with Gasteiger partial charge in [0.25, 0.3) is 0 Å². The van der Waals surface area contributed by atoms with Gasteiger partial charge in [-0.15, -0.1) is 0 Å². The molecule has 90 valence electrons. The summed E-state index contributed by atoms with van der Waals surface area (Å²) >= 11 is 0. The molecule has 2 aromatic rings. The minimum Gasteiger partial charge on any atom is -0.0619 e. The number of hydrogen-bond donors (Lipinski definition) is 0. The highest BCUT2D eigenvalue weighted by Gasteiger charge is 2.23. The average Bonchev–Trinajstić information content (AvgIpc) is 2.41. The van der Waals surface area contributed by atoms with E-state index in [1.54, 1.807) is 0 Å². The summed E-state index contributed by atoms with van der Waals surface area (Å²) < 4.78 is 0. The first-order chi connectivity index (χ1) is 8.77. The van der Waals surface area contributed by atoms with E-state index in [0.717, 1.165) is 0 Å². The van der Waals surface area contributed by atoms with Crippen molar-refractivity contribution < 1.29 is 0 Å². The van der Waals surface area contributed by atoms with Crippen LogP contribution in [0.3, 0.4) is 0 Å². The van der Waals surface area contributed by atoms with Crippen molar-refractivity contribution in [2.75, 3.05) is 0 Å². The van der Waals surface area contributed by atoms with Crippen LogP contribution in [-0.2, 0) is 10.9 Å². The van der Waals surface area contributed by atoms with Crippen molar-refractivity contribution in [3.05, 3.63) is 60.7 Å². The van der Waals surface area contributed by atoms with Crippen molar-refractivity contribution >= 4 is 10.9 Å². The Labute approximate surface area is 112 Å². The molecule has 0 saturated carbocycles. The molecule has 0 aliphatic carbocycles. The Morgan fingerprint density at radius 3 is 1.61 bits per heavy atom. The topological polar surface area (TPSA) is 0 Å². The van der Waals surface area contributed by atoms with Crippen LogP contribution in [0.15, 0.2) is 70.5 Å². The maximum Gasteiger partial charge on any atom is 0.175 e. The van der Waals surface area contributed by atoms with Gasteiger partial charge in [-0.3, -0.25) is 0 Å². The minimum atomic E-state index is -0.133. The Hall–Kier alpha value is -1.65. The zero-order chi connectivity index (χ0) is 12.8. The van der Waals surface area contributed by atoms with Crippen molar-refractivity contribution in [1.82, 2.24) is 0 Å². The average molecular weight is 253 g/mol. The fraction of sp³-hybridized carbons (Fsp3) is 0.176. The van der Waals surface area contributed by atoms with Crippen LogP contribution >= 0.6 is 0 Å². The normalized spacial score (nSPS) is 10.2. The molecule has 2 aromatic carbocycles. The SMILES string of the molecule is CC(C)C#C[S+](c1ccccc1)c1ccccc1. The molecule has 0 spiro atoms. The molecule has 0 unspecified atom stereocenters. The lowest BCUT2D eigenvalue weighted by molar-refractivity contribution is 0.867. The monoisotopic (exact) mass is 253 g/mol. The molecule has 0 N–H and O–H groups in total. The maximum absolute atomic E-state index is 3.43. The Bertz CT molecular complexity index is 493. The molecule has 0 fully saturated rings. The molecule has 0 aromatic heterocycles. The van der Waals surface area contributed by atoms with Crippen molar-refractivity contribution in [3.8, 4) is 11.2 Å². The van der Waals surface area contributed by atoms with E-state index in [1.807, 2.05) is 12.1 Å². The van der Waals surface area contributed by atoms with Gasteiger partial charge in [0.1, 0.15) is 10.9 Å². The second kappa shape index (κ2) is 6.33. The van der Waals surface area contributed by atoms with Gasteiger partial charge in [-0.25, -0.2) is 0 Å². The lowest BCUT2D eigenvalue weighted by Crippen LogP contribution is -2.00. The highest BCUT2D eigenvalue weighted by molar-refractivity contribution is 8.01. The molecule has 0 atom stereocenters. The summed E-state index contributed by atoms with van der Waals surface area (Å²) in [4.78, 5) is 2.58. The van der Waals surface area contributed by atoms with Gasteiger partial charge in [-0.05, 0) is 30.2 Å². The van der Waals surface area contributed by atoms with E-state index in [-0.39, 0.29) is 10.9 Å². The smallest absolute Gasteiger partial charge is 0.0619 e. The third-order valence-corrected chi connectivity index (χ3v) is 4.22. The lowest BCUT2D eigenvalue weighted by Gasteiger charge is -1.99. The predicted molar refractivity (Wildman–Crippen MR) is 79.4 cm³/mol. The number of rotatable bonds is 2. The summed E-state index contributed by atoms with van der Waals surface area (Å²) in [6, 6.07) is 21.0. The third-order valence-electron chi connectivity index (χ3n) is 2.41. The van der Waals surface area contributed by atoms with Gasteiger partial charge >= 0.3 is 0 Å². The van der Waals surface area contributed by atoms with E-state index in [1.165, 1.54) is 9.79 Å². The summed E-state index contributed by atoms with van der Waals surface area (Å²) in [5.41, 5.74) is 0. The molecular weight excluding hydrogens is 236 g/mol. The van der Waals surface area contributed by atoms with Crippen molar-refractivity contribution in [3.63, 3.8) is 0 Å². The summed E-state index contributed by atoms with van der Waals surface area (Å²) in [5.74, 6) is 3.71. The Morgan fingerprint density at radius 1 is 0.778 bits per heavy atom. The molecule has 0 saturated heterocycles. The van der Waals surface area contributed by atoms with Gasteiger partial charge in [0.2, 0.25) is 0 Å². The molecule has 1 heteroatoms. The van der Waals surface area contributed by atoms with E-state index < -0.39 is 0 Å². The first-order valence-corrected chi connectivity index (χ1v) is 7.35. The van der Waals surface area contributed by atoms with Gasteiger partial charge in [0.05, 0.1) is 0 Å². The quantitative estimate of drug-likeness (QED) is 0.551. The second-order valence-corrected chi connectivity index (χ2v) is 6.09. The Morgan fingerprint density at radius 2 is 1.22 bits per heavy atom. The summed E-state index contributed by atoms with van der Waals surface area (Å²) in [7, 11) is -0.133. The minimum absolute atomic E-state index is 0.133. The predicted octanol–water partition coefficient (Wildman–Crippen LogP) is 4.34. The molecule has 18 heavy (non-hydrogen) atoms. The van der Waals surface area contributed by atoms with Crippen LogP contribution in [0, 0.1) is 17.1 Å². The fourth-order valence-electron chi connectivity index (χ4n) is 1.54. The van der Waals surface area contributed by atoms with Crippen LogP contribution in [0.2, 0.25) is 0 Å². The lowest BCUT2D eigenvalue weighted by atomic mass is 10.2. The molecule has 0 amide bonds. The summed E-state index contributed by atoms with van der Waals surface area (Å²) in [5, 5.41) is 3.43. The van der Waals surface area contributed by atoms with Gasteiger partial charge in [-0.1, -0.05) is 50.2 Å². The van der Waals surface area contributed by atoms with E-state index >= 15 is 0 Å². The van der Waals surface area contributed by atoms with Crippen LogP contribution in [0.4, 0.5) is 0 Å². The van der Waals surface area contributed by atoms with E-state index in [4.69, 9.17) is 0 Å². The fourth-order valence-corrected chi connectivity index (χ4v) is 3.26. The van der Waals surface area contributed by atoms with Crippen molar-refractivity contribution in [1.29, 1.82) is 0 Å². The first kappa shape index (κ1) is 12.8. The van der Waals surface area contributed by atoms with E-state index in [9.17, 15) is 0 Å². The molecule has 2 rings (SSSR count). The molecule has 0 aliphatic heterocycles. The molecule has 0 nitrogen and oxygen atoms in total. The van der Waals surface area contributed by atoms with Crippen molar-refractivity contribution in [2.24, 2.45) is 5.92 Å². The van der Waals surface area contributed by atoms with Gasteiger partial charge in [0.15, 0.2) is 15.0 Å². The largest absolute Gasteiger partial charge is 0.175 e. The maximum atomic E-state index is 3.43. The van der Waals surface area contributed by atoms with Gasteiger partial charge in [-0.2, -0.15) is 0 Å². The zero-order valence-corrected chi connectivity index (χ0v) is 11.6. The first-order valence-electron chi connectivity index (χ1n) is 6.13.